The number of nitrogens with zero attached hydrogens (tertiary/aromatic N) is 10. The van der Waals surface area contributed by atoms with E-state index in [1.54, 1.807) is 45.2 Å². The molecule has 4 saturated heterocycles. The monoisotopic (exact) mass is 1020 g/mol. The molecule has 2 aliphatic carbocycles. The van der Waals surface area contributed by atoms with E-state index in [1.807, 2.05) is 43.4 Å². The van der Waals surface area contributed by atoms with Crippen molar-refractivity contribution in [3.63, 3.8) is 0 Å². The van der Waals surface area contributed by atoms with Crippen LogP contribution < -0.4 is 20.1 Å². The first-order valence-electron chi connectivity index (χ1n) is 26.4. The third kappa shape index (κ3) is 8.27. The molecule has 8 aromatic rings. The Morgan fingerprint density at radius 3 is 1.76 bits per heavy atom. The molecule has 2 N–H and O–H groups in total. The third-order valence-corrected chi connectivity index (χ3v) is 16.4. The van der Waals surface area contributed by atoms with E-state index in [4.69, 9.17) is 38.9 Å². The fourth-order valence-corrected chi connectivity index (χ4v) is 12.1. The van der Waals surface area contributed by atoms with E-state index in [0.29, 0.717) is 110 Å². The van der Waals surface area contributed by atoms with Gasteiger partial charge in [0.15, 0.2) is 11.6 Å². The van der Waals surface area contributed by atoms with Crippen LogP contribution in [0, 0.1) is 23.5 Å². The first-order chi connectivity index (χ1) is 36.5. The zero-order valence-electron chi connectivity index (χ0n) is 42.1. The van der Waals surface area contributed by atoms with Crippen molar-refractivity contribution in [1.82, 2.24) is 58.6 Å². The topological polar surface area (TPSA) is 173 Å². The van der Waals surface area contributed by atoms with Crippen LogP contribution in [0.2, 0.25) is 0 Å². The maximum atomic E-state index is 16.2. The summed E-state index contributed by atoms with van der Waals surface area (Å²) in [6.45, 7) is 5.09. The summed E-state index contributed by atoms with van der Waals surface area (Å²) in [4.78, 5) is 51.2. The number of carbonyl (C=O) groups is 2. The Kier molecular flexibility index (Phi) is 11.2. The Morgan fingerprint density at radius 2 is 1.20 bits per heavy atom. The second-order valence-electron chi connectivity index (χ2n) is 21.4. The highest BCUT2D eigenvalue weighted by Gasteiger charge is 2.39. The lowest BCUT2D eigenvalue weighted by molar-refractivity contribution is -0.165. The van der Waals surface area contributed by atoms with E-state index in [0.717, 1.165) is 78.6 Å². The minimum Gasteiger partial charge on any atom is -0.481 e. The minimum atomic E-state index is -0.640. The van der Waals surface area contributed by atoms with Gasteiger partial charge in [-0.1, -0.05) is 0 Å². The van der Waals surface area contributed by atoms with Gasteiger partial charge in [-0.05, 0) is 98.9 Å². The number of likely N-dealkylation sites (tertiary alicyclic amines) is 2. The van der Waals surface area contributed by atoms with Crippen molar-refractivity contribution in [3.05, 3.63) is 83.4 Å². The minimum absolute atomic E-state index is 0.0569. The molecule has 2 aromatic carbocycles. The number of nitrogens with one attached hydrogen (secondary N) is 2. The van der Waals surface area contributed by atoms with Crippen LogP contribution >= 0.6 is 0 Å². The molecule has 6 fully saturated rings. The molecule has 5 atom stereocenters. The number of morpholine rings is 2. The summed E-state index contributed by atoms with van der Waals surface area (Å²) in [7, 11) is 5.21. The number of hydrogen-bond donors (Lipinski definition) is 2. The molecular weight excluding hydrogens is 963 g/mol. The van der Waals surface area contributed by atoms with Gasteiger partial charge in [0.05, 0.1) is 67.0 Å². The molecule has 4 aliphatic heterocycles. The number of aryl methyl sites for hydroxylation is 2. The average molecular weight is 1020 g/mol. The average Bonchev–Trinajstić information content (AvgIpc) is 4.36. The Balaban J connectivity index is 0.666. The quantitative estimate of drug-likeness (QED) is 0.146. The number of methoxy groups -OCH3 is 1. The van der Waals surface area contributed by atoms with Crippen molar-refractivity contribution in [2.45, 2.75) is 82.2 Å². The summed E-state index contributed by atoms with van der Waals surface area (Å²) >= 11 is 0. The second-order valence-corrected chi connectivity index (χ2v) is 21.4. The number of pyridine rings is 2. The highest BCUT2D eigenvalue weighted by molar-refractivity contribution is 5.99. The lowest BCUT2D eigenvalue weighted by atomic mass is 9.99. The van der Waals surface area contributed by atoms with Crippen molar-refractivity contribution in [2.75, 3.05) is 53.0 Å². The van der Waals surface area contributed by atoms with Crippen LogP contribution in [0.4, 0.5) is 8.78 Å². The van der Waals surface area contributed by atoms with Gasteiger partial charge in [0.1, 0.15) is 34.0 Å². The van der Waals surface area contributed by atoms with Gasteiger partial charge in [-0.25, -0.2) is 18.7 Å². The predicted molar refractivity (Wildman–Crippen MR) is 274 cm³/mol. The molecule has 14 rings (SSSR count). The lowest BCUT2D eigenvalue weighted by Crippen LogP contribution is -2.62. The van der Waals surface area contributed by atoms with Gasteiger partial charge in [-0.15, -0.1) is 0 Å². The smallest absolute Gasteiger partial charge is 0.254 e. The van der Waals surface area contributed by atoms with E-state index in [-0.39, 0.29) is 47.2 Å². The number of piperidine rings is 2. The summed E-state index contributed by atoms with van der Waals surface area (Å²) in [6.07, 6.45) is 4.98. The summed E-state index contributed by atoms with van der Waals surface area (Å²) < 4.78 is 64.4. The number of benzene rings is 2. The SMILES string of the molecule is COc1ccc2cc(-c3nc4cc(C(=O)N5CC[C@@H]6OC(Oc7ccc8cc(-c9nc%10cc(C(=O)N%11CC[C@H]%12OCCN[C@H]%12C%11)cc(F)c%10n9C)n(CC9CC9)c8n7)CN[C@@H]6C5)cc(F)c4n3C)n(CC3CC3)c2n1. The largest absolute Gasteiger partial charge is 0.481 e. The number of halogens is 2. The van der Waals surface area contributed by atoms with Gasteiger partial charge in [0, 0.05) is 93.9 Å². The van der Waals surface area contributed by atoms with Crippen LogP contribution in [0.1, 0.15) is 59.2 Å². The van der Waals surface area contributed by atoms with Gasteiger partial charge < -0.3 is 57.6 Å². The molecule has 388 valence electrons. The number of ether oxygens (including phenoxy) is 4. The molecule has 18 nitrogen and oxygen atoms in total. The molecule has 0 spiro atoms. The van der Waals surface area contributed by atoms with Gasteiger partial charge in [0.25, 0.3) is 11.8 Å². The predicted octanol–water partition coefficient (Wildman–Crippen LogP) is 6.41. The van der Waals surface area contributed by atoms with E-state index in [1.165, 1.54) is 12.1 Å². The second kappa shape index (κ2) is 18.1. The van der Waals surface area contributed by atoms with Gasteiger partial charge >= 0.3 is 0 Å². The molecule has 0 radical (unpaired) electrons. The fraction of sp³-hybridized carbons (Fsp3) is 0.455. The van der Waals surface area contributed by atoms with E-state index < -0.39 is 17.9 Å². The molecule has 6 aromatic heterocycles. The van der Waals surface area contributed by atoms with Crippen molar-refractivity contribution in [3.8, 4) is 34.8 Å². The number of aromatic nitrogens is 8. The first-order valence-corrected chi connectivity index (χ1v) is 26.4. The summed E-state index contributed by atoms with van der Waals surface area (Å²) in [5, 5.41) is 8.85. The third-order valence-electron chi connectivity index (χ3n) is 16.4. The summed E-state index contributed by atoms with van der Waals surface area (Å²) in [6, 6.07) is 17.6. The zero-order chi connectivity index (χ0) is 50.8. The normalized spacial score (nSPS) is 23.1. The maximum Gasteiger partial charge on any atom is 0.254 e. The highest BCUT2D eigenvalue weighted by atomic mass is 19.1. The molecule has 2 saturated carbocycles. The maximum absolute atomic E-state index is 16.2. The van der Waals surface area contributed by atoms with E-state index in [2.05, 4.69) is 19.8 Å². The Hall–Kier alpha value is -7.00. The molecule has 2 amide bonds. The highest BCUT2D eigenvalue weighted by Crippen LogP contribution is 2.39. The van der Waals surface area contributed by atoms with Crippen LogP contribution in [-0.4, -0.2) is 143 Å². The fourth-order valence-electron chi connectivity index (χ4n) is 12.1. The summed E-state index contributed by atoms with van der Waals surface area (Å²) in [5.74, 6) is 1.62. The number of fused-ring (bicyclic) bond motifs is 6. The Morgan fingerprint density at radius 1 is 0.667 bits per heavy atom. The van der Waals surface area contributed by atoms with Crippen molar-refractivity contribution < 1.29 is 37.3 Å². The van der Waals surface area contributed by atoms with Crippen LogP contribution in [0.5, 0.6) is 11.8 Å². The van der Waals surface area contributed by atoms with E-state index in [9.17, 15) is 9.59 Å². The van der Waals surface area contributed by atoms with Crippen LogP contribution in [0.25, 0.3) is 67.2 Å². The lowest BCUT2D eigenvalue weighted by Gasteiger charge is -2.43. The molecule has 1 unspecified atom stereocenters. The van der Waals surface area contributed by atoms with Crippen LogP contribution in [0.15, 0.2) is 60.7 Å². The van der Waals surface area contributed by atoms with Crippen molar-refractivity contribution in [2.24, 2.45) is 25.9 Å². The zero-order valence-corrected chi connectivity index (χ0v) is 42.1. The molecule has 10 heterocycles. The molecule has 75 heavy (non-hydrogen) atoms. The van der Waals surface area contributed by atoms with Gasteiger partial charge in [0.2, 0.25) is 18.1 Å². The number of rotatable bonds is 11. The summed E-state index contributed by atoms with van der Waals surface area (Å²) in [5.41, 5.74) is 5.15. The standard InChI is InChI=1S/C55H58F2N12O6/c1-64-48-36(57)19-34(21-38(48)60-52(64)41-22-31-8-10-45(72-3)62-50(31)68(41)25-29-4-5-29)55(71)67-16-13-44-40(28-67)59-24-47(74-44)75-46-11-9-32-23-42(69(51(32)63-46)26-30-6-7-30)53-61-37-20-33(18-35(56)49(37)65(53)2)54(70)66-15-12-43-39(27-66)58-14-17-73-43/h8-11,18-23,29-30,39-40,43-44,47,58-59H,4-7,12-17,24-28H2,1-3H3/t39-,40+,43+,44-,47?/m0/s1. The number of hydrogen-bond acceptors (Lipinski definition) is 12. The Bertz CT molecular complexity index is 3620. The first kappa shape index (κ1) is 46.5. The Labute approximate surface area is 429 Å². The van der Waals surface area contributed by atoms with E-state index >= 15 is 8.78 Å². The molecule has 20 heteroatoms. The van der Waals surface area contributed by atoms with Crippen molar-refractivity contribution >= 4 is 55.9 Å². The van der Waals surface area contributed by atoms with Gasteiger partial charge in [-0.2, -0.15) is 9.97 Å². The number of carbonyl (C=O) groups excluding carboxylic acids is 2. The molecular formula is C55H58F2N12O6. The van der Waals surface area contributed by atoms with Gasteiger partial charge in [-0.3, -0.25) is 9.59 Å². The van der Waals surface area contributed by atoms with Crippen molar-refractivity contribution in [1.29, 1.82) is 0 Å². The van der Waals surface area contributed by atoms with Crippen LogP contribution in [-0.2, 0) is 36.7 Å². The number of imidazole rings is 2. The van der Waals surface area contributed by atoms with Crippen LogP contribution in [0.3, 0.4) is 0 Å². The molecule has 0 bridgehead atoms. The number of amides is 2. The molecule has 6 aliphatic rings.